The first-order valence-electron chi connectivity index (χ1n) is 7.81. The van der Waals surface area contributed by atoms with E-state index in [4.69, 9.17) is 4.74 Å². The second kappa shape index (κ2) is 6.65. The molecular formula is C19H19NO3. The molecule has 1 aliphatic rings. The van der Waals surface area contributed by atoms with Crippen molar-refractivity contribution in [1.82, 2.24) is 0 Å². The van der Waals surface area contributed by atoms with Crippen molar-refractivity contribution in [3.05, 3.63) is 66.2 Å². The molecule has 3 rings (SSSR count). The standard InChI is InChI=1S/C19H19NO3/c1-2-23-19(22)16-13-17(21)20(15-11-7-4-8-12-15)18(16)14-9-5-3-6-10-14/h3-12,16,18H,2,13H2,1H3/t16-,18+/m1/s1. The van der Waals surface area contributed by atoms with E-state index in [0.29, 0.717) is 6.61 Å². The Morgan fingerprint density at radius 1 is 1.09 bits per heavy atom. The van der Waals surface area contributed by atoms with Gasteiger partial charge in [-0.1, -0.05) is 48.5 Å². The fourth-order valence-corrected chi connectivity index (χ4v) is 3.12. The third-order valence-electron chi connectivity index (χ3n) is 4.09. The van der Waals surface area contributed by atoms with E-state index < -0.39 is 5.92 Å². The first-order valence-corrected chi connectivity index (χ1v) is 7.81. The summed E-state index contributed by atoms with van der Waals surface area (Å²) in [5, 5.41) is 0. The average molecular weight is 309 g/mol. The van der Waals surface area contributed by atoms with Crippen LogP contribution in [-0.2, 0) is 14.3 Å². The van der Waals surface area contributed by atoms with Gasteiger partial charge in [-0.05, 0) is 24.6 Å². The molecule has 0 N–H and O–H groups in total. The van der Waals surface area contributed by atoms with Crippen molar-refractivity contribution < 1.29 is 14.3 Å². The van der Waals surface area contributed by atoms with Gasteiger partial charge in [0, 0.05) is 12.1 Å². The number of hydrogen-bond acceptors (Lipinski definition) is 3. The molecule has 1 aliphatic heterocycles. The minimum Gasteiger partial charge on any atom is -0.466 e. The Labute approximate surface area is 135 Å². The molecule has 2 aromatic carbocycles. The second-order valence-electron chi connectivity index (χ2n) is 5.52. The summed E-state index contributed by atoms with van der Waals surface area (Å²) in [5.74, 6) is -0.846. The van der Waals surface area contributed by atoms with Gasteiger partial charge < -0.3 is 9.64 Å². The van der Waals surface area contributed by atoms with Crippen LogP contribution < -0.4 is 4.90 Å². The Hall–Kier alpha value is -2.62. The molecule has 4 heteroatoms. The van der Waals surface area contributed by atoms with Gasteiger partial charge in [-0.2, -0.15) is 0 Å². The van der Waals surface area contributed by atoms with E-state index in [-0.39, 0.29) is 24.3 Å². The number of carbonyl (C=O) groups excluding carboxylic acids is 2. The van der Waals surface area contributed by atoms with Crippen molar-refractivity contribution >= 4 is 17.6 Å². The van der Waals surface area contributed by atoms with Gasteiger partial charge in [0.05, 0.1) is 18.6 Å². The molecule has 0 spiro atoms. The minimum atomic E-state index is -0.481. The molecule has 1 saturated heterocycles. The van der Waals surface area contributed by atoms with Crippen LogP contribution in [0.5, 0.6) is 0 Å². The molecule has 1 heterocycles. The molecule has 0 aromatic heterocycles. The number of rotatable bonds is 4. The summed E-state index contributed by atoms with van der Waals surface area (Å²) in [7, 11) is 0. The molecule has 0 radical (unpaired) electrons. The van der Waals surface area contributed by atoms with E-state index in [0.717, 1.165) is 11.3 Å². The van der Waals surface area contributed by atoms with Gasteiger partial charge in [0.1, 0.15) is 0 Å². The maximum atomic E-state index is 12.6. The van der Waals surface area contributed by atoms with Crippen LogP contribution >= 0.6 is 0 Å². The van der Waals surface area contributed by atoms with Crippen LogP contribution in [0.15, 0.2) is 60.7 Å². The zero-order valence-electron chi connectivity index (χ0n) is 13.0. The quantitative estimate of drug-likeness (QED) is 0.814. The highest BCUT2D eigenvalue weighted by molar-refractivity contribution is 6.00. The number of hydrogen-bond donors (Lipinski definition) is 0. The monoisotopic (exact) mass is 309 g/mol. The summed E-state index contributed by atoms with van der Waals surface area (Å²) in [6.45, 7) is 2.09. The van der Waals surface area contributed by atoms with Crippen LogP contribution in [0.25, 0.3) is 0 Å². The Balaban J connectivity index is 2.03. The number of carbonyl (C=O) groups is 2. The van der Waals surface area contributed by atoms with Gasteiger partial charge >= 0.3 is 5.97 Å². The number of para-hydroxylation sites is 1. The van der Waals surface area contributed by atoms with Crippen LogP contribution in [0.2, 0.25) is 0 Å². The lowest BCUT2D eigenvalue weighted by Crippen LogP contribution is -2.31. The van der Waals surface area contributed by atoms with Crippen molar-refractivity contribution in [1.29, 1.82) is 0 Å². The first kappa shape index (κ1) is 15.3. The number of nitrogens with zero attached hydrogens (tertiary/aromatic N) is 1. The van der Waals surface area contributed by atoms with E-state index in [1.807, 2.05) is 60.7 Å². The van der Waals surface area contributed by atoms with Crippen molar-refractivity contribution in [2.24, 2.45) is 5.92 Å². The molecule has 1 fully saturated rings. The molecular weight excluding hydrogens is 290 g/mol. The molecule has 2 aromatic rings. The lowest BCUT2D eigenvalue weighted by atomic mass is 9.93. The molecule has 0 unspecified atom stereocenters. The number of ether oxygens (including phenoxy) is 1. The van der Waals surface area contributed by atoms with Gasteiger partial charge in [-0.25, -0.2) is 0 Å². The molecule has 4 nitrogen and oxygen atoms in total. The van der Waals surface area contributed by atoms with Crippen molar-refractivity contribution in [3.63, 3.8) is 0 Å². The predicted molar refractivity (Wildman–Crippen MR) is 87.9 cm³/mol. The summed E-state index contributed by atoms with van der Waals surface area (Å²) in [4.78, 5) is 26.7. The molecule has 23 heavy (non-hydrogen) atoms. The molecule has 0 bridgehead atoms. The largest absolute Gasteiger partial charge is 0.466 e. The van der Waals surface area contributed by atoms with E-state index in [9.17, 15) is 9.59 Å². The second-order valence-corrected chi connectivity index (χ2v) is 5.52. The zero-order chi connectivity index (χ0) is 16.2. The Morgan fingerprint density at radius 2 is 1.70 bits per heavy atom. The maximum Gasteiger partial charge on any atom is 0.311 e. The zero-order valence-corrected chi connectivity index (χ0v) is 13.0. The van der Waals surface area contributed by atoms with Gasteiger partial charge in [0.15, 0.2) is 0 Å². The van der Waals surface area contributed by atoms with Gasteiger partial charge in [-0.3, -0.25) is 9.59 Å². The first-order chi connectivity index (χ1) is 11.2. The van der Waals surface area contributed by atoms with E-state index in [1.165, 1.54) is 0 Å². The Bertz CT molecular complexity index is 684. The van der Waals surface area contributed by atoms with Crippen molar-refractivity contribution in [2.45, 2.75) is 19.4 Å². The molecule has 0 saturated carbocycles. The van der Waals surface area contributed by atoms with Crippen LogP contribution in [0.3, 0.4) is 0 Å². The van der Waals surface area contributed by atoms with Crippen LogP contribution in [0, 0.1) is 5.92 Å². The van der Waals surface area contributed by atoms with Crippen molar-refractivity contribution in [3.8, 4) is 0 Å². The van der Waals surface area contributed by atoms with Crippen LogP contribution in [-0.4, -0.2) is 18.5 Å². The van der Waals surface area contributed by atoms with Gasteiger partial charge in [-0.15, -0.1) is 0 Å². The smallest absolute Gasteiger partial charge is 0.311 e. The predicted octanol–water partition coefficient (Wildman–Crippen LogP) is 3.34. The number of esters is 1. The topological polar surface area (TPSA) is 46.6 Å². The highest BCUT2D eigenvalue weighted by atomic mass is 16.5. The van der Waals surface area contributed by atoms with Gasteiger partial charge in [0.25, 0.3) is 0 Å². The molecule has 2 atom stereocenters. The molecule has 1 amide bonds. The lowest BCUT2D eigenvalue weighted by molar-refractivity contribution is -0.148. The summed E-state index contributed by atoms with van der Waals surface area (Å²) in [6, 6.07) is 18.8. The SMILES string of the molecule is CCOC(=O)[C@@H]1CC(=O)N(c2ccccc2)[C@H]1c1ccccc1. The molecule has 0 aliphatic carbocycles. The van der Waals surface area contributed by atoms with Gasteiger partial charge in [0.2, 0.25) is 5.91 Å². The minimum absolute atomic E-state index is 0.0527. The summed E-state index contributed by atoms with van der Waals surface area (Å²) < 4.78 is 5.19. The Morgan fingerprint density at radius 3 is 2.30 bits per heavy atom. The summed E-state index contributed by atoms with van der Waals surface area (Å²) >= 11 is 0. The fourth-order valence-electron chi connectivity index (χ4n) is 3.12. The number of amides is 1. The maximum absolute atomic E-state index is 12.6. The summed E-state index contributed by atoms with van der Waals surface area (Å²) in [6.07, 6.45) is 0.174. The lowest BCUT2D eigenvalue weighted by Gasteiger charge is -2.28. The highest BCUT2D eigenvalue weighted by Crippen LogP contribution is 2.41. The normalized spacial score (nSPS) is 20.6. The van der Waals surface area contributed by atoms with E-state index >= 15 is 0 Å². The van der Waals surface area contributed by atoms with E-state index in [2.05, 4.69) is 0 Å². The number of anilines is 1. The third-order valence-corrected chi connectivity index (χ3v) is 4.09. The summed E-state index contributed by atoms with van der Waals surface area (Å²) in [5.41, 5.74) is 1.75. The average Bonchev–Trinajstić information content (AvgIpc) is 2.94. The Kier molecular flexibility index (Phi) is 4.42. The number of benzene rings is 2. The van der Waals surface area contributed by atoms with Crippen LogP contribution in [0.4, 0.5) is 5.69 Å². The fraction of sp³-hybridized carbons (Fsp3) is 0.263. The highest BCUT2D eigenvalue weighted by Gasteiger charge is 2.45. The third kappa shape index (κ3) is 2.97. The molecule has 118 valence electrons. The van der Waals surface area contributed by atoms with E-state index in [1.54, 1.807) is 11.8 Å². The van der Waals surface area contributed by atoms with Crippen LogP contribution in [0.1, 0.15) is 24.9 Å². The van der Waals surface area contributed by atoms with Crippen molar-refractivity contribution in [2.75, 3.05) is 11.5 Å².